The molecule has 3 heteroatoms. The summed E-state index contributed by atoms with van der Waals surface area (Å²) in [5.41, 5.74) is 0.848. The van der Waals surface area contributed by atoms with Crippen molar-refractivity contribution in [2.45, 2.75) is 44.9 Å². The summed E-state index contributed by atoms with van der Waals surface area (Å²) < 4.78 is 0. The van der Waals surface area contributed by atoms with E-state index in [2.05, 4.69) is 19.9 Å². The van der Waals surface area contributed by atoms with Crippen LogP contribution in [0.15, 0.2) is 18.2 Å². The number of hydrogen-bond acceptors (Lipinski definition) is 1. The van der Waals surface area contributed by atoms with Crippen LogP contribution in [0.2, 0.25) is 10.0 Å². The van der Waals surface area contributed by atoms with Crippen LogP contribution in [-0.2, 0) is 5.41 Å². The molecule has 1 saturated carbocycles. The van der Waals surface area contributed by atoms with E-state index in [0.717, 1.165) is 31.2 Å². The summed E-state index contributed by atoms with van der Waals surface area (Å²) in [7, 11) is 0. The molecule has 1 aromatic rings. The SMILES string of the molecule is CCC1(CC)CC(C#N)(c2ccc(Cl)cc2Cl)C1. The molecule has 18 heavy (non-hydrogen) atoms. The van der Waals surface area contributed by atoms with Gasteiger partial charge in [-0.3, -0.25) is 0 Å². The summed E-state index contributed by atoms with van der Waals surface area (Å²) in [6.45, 7) is 4.41. The van der Waals surface area contributed by atoms with Gasteiger partial charge < -0.3 is 0 Å². The number of hydrogen-bond donors (Lipinski definition) is 0. The zero-order valence-electron chi connectivity index (χ0n) is 10.8. The zero-order valence-corrected chi connectivity index (χ0v) is 12.3. The average molecular weight is 282 g/mol. The molecule has 0 spiro atoms. The molecule has 1 fully saturated rings. The van der Waals surface area contributed by atoms with Crippen molar-refractivity contribution in [3.05, 3.63) is 33.8 Å². The normalized spacial score (nSPS) is 19.9. The van der Waals surface area contributed by atoms with Crippen LogP contribution in [-0.4, -0.2) is 0 Å². The molecule has 0 atom stereocenters. The first-order valence-electron chi connectivity index (χ1n) is 6.38. The van der Waals surface area contributed by atoms with Gasteiger partial charge in [-0.05, 0) is 36.0 Å². The van der Waals surface area contributed by atoms with E-state index in [0.29, 0.717) is 15.5 Å². The van der Waals surface area contributed by atoms with Gasteiger partial charge in [0.15, 0.2) is 0 Å². The van der Waals surface area contributed by atoms with Crippen LogP contribution in [0.1, 0.15) is 45.1 Å². The van der Waals surface area contributed by atoms with E-state index < -0.39 is 5.41 Å². The highest BCUT2D eigenvalue weighted by Crippen LogP contribution is 2.60. The topological polar surface area (TPSA) is 23.8 Å². The van der Waals surface area contributed by atoms with Gasteiger partial charge in [0.2, 0.25) is 0 Å². The minimum absolute atomic E-state index is 0.318. The van der Waals surface area contributed by atoms with Crippen LogP contribution in [0.5, 0.6) is 0 Å². The smallest absolute Gasteiger partial charge is 0.0847 e. The molecular formula is C15H17Cl2N. The number of nitrogens with zero attached hydrogens (tertiary/aromatic N) is 1. The van der Waals surface area contributed by atoms with Crippen molar-refractivity contribution < 1.29 is 0 Å². The van der Waals surface area contributed by atoms with Crippen molar-refractivity contribution in [2.24, 2.45) is 5.41 Å². The Balaban J connectivity index is 2.35. The molecule has 0 heterocycles. The lowest BCUT2D eigenvalue weighted by atomic mass is 9.49. The van der Waals surface area contributed by atoms with Crippen LogP contribution in [0, 0.1) is 16.7 Å². The maximum absolute atomic E-state index is 9.57. The van der Waals surface area contributed by atoms with Gasteiger partial charge in [-0.15, -0.1) is 0 Å². The minimum Gasteiger partial charge on any atom is -0.197 e. The fourth-order valence-electron chi connectivity index (χ4n) is 3.19. The van der Waals surface area contributed by atoms with E-state index in [9.17, 15) is 5.26 Å². The van der Waals surface area contributed by atoms with Gasteiger partial charge in [0.1, 0.15) is 0 Å². The predicted octanol–water partition coefficient (Wildman–Crippen LogP) is 5.35. The maximum Gasteiger partial charge on any atom is 0.0847 e. The molecule has 0 radical (unpaired) electrons. The Bertz CT molecular complexity index is 490. The number of benzene rings is 1. The Morgan fingerprint density at radius 1 is 1.22 bits per heavy atom. The zero-order chi connectivity index (χ0) is 13.4. The number of halogens is 2. The monoisotopic (exact) mass is 281 g/mol. The molecule has 0 N–H and O–H groups in total. The largest absolute Gasteiger partial charge is 0.197 e. The minimum atomic E-state index is -0.409. The van der Waals surface area contributed by atoms with Crippen molar-refractivity contribution in [3.8, 4) is 6.07 Å². The molecule has 1 aliphatic carbocycles. The standard InChI is InChI=1S/C15H17Cl2N/c1-3-14(4-2)8-15(9-14,10-18)12-6-5-11(16)7-13(12)17/h5-7H,3-4,8-9H2,1-2H3. The maximum atomic E-state index is 9.57. The van der Waals surface area contributed by atoms with Crippen molar-refractivity contribution in [1.82, 2.24) is 0 Å². The summed E-state index contributed by atoms with van der Waals surface area (Å²) in [6, 6.07) is 7.94. The van der Waals surface area contributed by atoms with Crippen LogP contribution >= 0.6 is 23.2 Å². The Labute approximate surface area is 119 Å². The lowest BCUT2D eigenvalue weighted by Crippen LogP contribution is -2.48. The van der Waals surface area contributed by atoms with Crippen LogP contribution < -0.4 is 0 Å². The molecule has 0 unspecified atom stereocenters. The third-order valence-corrected chi connectivity index (χ3v) is 5.06. The Morgan fingerprint density at radius 2 is 1.83 bits per heavy atom. The first kappa shape index (κ1) is 13.7. The molecule has 96 valence electrons. The quantitative estimate of drug-likeness (QED) is 0.732. The third-order valence-electron chi connectivity index (χ3n) is 4.51. The number of rotatable bonds is 3. The summed E-state index contributed by atoms with van der Waals surface area (Å²) in [4.78, 5) is 0. The first-order chi connectivity index (χ1) is 8.51. The van der Waals surface area contributed by atoms with Gasteiger partial charge in [0.05, 0.1) is 11.5 Å². The van der Waals surface area contributed by atoms with Crippen molar-refractivity contribution >= 4 is 23.2 Å². The highest BCUT2D eigenvalue weighted by molar-refractivity contribution is 6.35. The summed E-state index contributed by atoms with van der Waals surface area (Å²) in [5, 5.41) is 10.8. The lowest BCUT2D eigenvalue weighted by Gasteiger charge is -2.53. The van der Waals surface area contributed by atoms with Crippen molar-refractivity contribution in [1.29, 1.82) is 5.26 Å². The molecule has 0 aromatic heterocycles. The summed E-state index contributed by atoms with van der Waals surface area (Å²) in [6.07, 6.45) is 4.06. The van der Waals surface area contributed by atoms with E-state index in [4.69, 9.17) is 23.2 Å². The Kier molecular flexibility index (Phi) is 3.63. The van der Waals surface area contributed by atoms with Gasteiger partial charge >= 0.3 is 0 Å². The van der Waals surface area contributed by atoms with Gasteiger partial charge in [-0.1, -0.05) is 56.0 Å². The molecule has 0 amide bonds. The van der Waals surface area contributed by atoms with Gasteiger partial charge in [-0.25, -0.2) is 0 Å². The van der Waals surface area contributed by atoms with Crippen LogP contribution in [0.25, 0.3) is 0 Å². The third kappa shape index (κ3) is 2.02. The average Bonchev–Trinajstić information content (AvgIpc) is 2.31. The van der Waals surface area contributed by atoms with Crippen molar-refractivity contribution in [2.75, 3.05) is 0 Å². The van der Waals surface area contributed by atoms with E-state index >= 15 is 0 Å². The van der Waals surface area contributed by atoms with E-state index in [1.54, 1.807) is 6.07 Å². The van der Waals surface area contributed by atoms with E-state index in [-0.39, 0.29) is 0 Å². The summed E-state index contributed by atoms with van der Waals surface area (Å²) in [5.74, 6) is 0. The molecule has 0 saturated heterocycles. The highest BCUT2D eigenvalue weighted by atomic mass is 35.5. The first-order valence-corrected chi connectivity index (χ1v) is 7.13. The van der Waals surface area contributed by atoms with Gasteiger partial charge in [-0.2, -0.15) is 5.26 Å². The lowest BCUT2D eigenvalue weighted by molar-refractivity contribution is 0.0480. The Hall–Kier alpha value is -0.710. The van der Waals surface area contributed by atoms with E-state index in [1.165, 1.54) is 0 Å². The van der Waals surface area contributed by atoms with E-state index in [1.807, 2.05) is 12.1 Å². The molecule has 1 nitrogen and oxygen atoms in total. The molecular weight excluding hydrogens is 265 g/mol. The van der Waals surface area contributed by atoms with Crippen LogP contribution in [0.3, 0.4) is 0 Å². The molecule has 2 rings (SSSR count). The number of nitriles is 1. The molecule has 1 aliphatic rings. The Morgan fingerprint density at radius 3 is 2.28 bits per heavy atom. The predicted molar refractivity (Wildman–Crippen MR) is 76.0 cm³/mol. The molecule has 0 bridgehead atoms. The van der Waals surface area contributed by atoms with Crippen LogP contribution in [0.4, 0.5) is 0 Å². The second-order valence-electron chi connectivity index (χ2n) is 5.38. The van der Waals surface area contributed by atoms with Gasteiger partial charge in [0.25, 0.3) is 0 Å². The fraction of sp³-hybridized carbons (Fsp3) is 0.533. The molecule has 0 aliphatic heterocycles. The second kappa shape index (κ2) is 4.76. The highest BCUT2D eigenvalue weighted by Gasteiger charge is 2.54. The second-order valence-corrected chi connectivity index (χ2v) is 6.22. The fourth-order valence-corrected chi connectivity index (χ4v) is 3.78. The van der Waals surface area contributed by atoms with Gasteiger partial charge in [0, 0.05) is 10.0 Å². The summed E-state index contributed by atoms with van der Waals surface area (Å²) >= 11 is 12.2. The molecule has 1 aromatic carbocycles. The van der Waals surface area contributed by atoms with Crippen molar-refractivity contribution in [3.63, 3.8) is 0 Å².